The van der Waals surface area contributed by atoms with Crippen molar-refractivity contribution >= 4 is 34.1 Å². The number of amides is 1. The number of fused-ring (bicyclic) bond motifs is 1. The summed E-state index contributed by atoms with van der Waals surface area (Å²) in [6.45, 7) is 9.93. The van der Waals surface area contributed by atoms with Gasteiger partial charge in [0.25, 0.3) is 5.91 Å². The number of piperazine rings is 1. The number of rotatable bonds is 9. The first-order valence-electron chi connectivity index (χ1n) is 14.5. The van der Waals surface area contributed by atoms with Crippen LogP contribution in [0.2, 0.25) is 0 Å². The van der Waals surface area contributed by atoms with Gasteiger partial charge in [-0.25, -0.2) is 4.98 Å². The first-order chi connectivity index (χ1) is 20.2. The molecule has 4 aromatic rings. The Hall–Kier alpha value is -4.37. The first kappa shape index (κ1) is 29.1. The van der Waals surface area contributed by atoms with Gasteiger partial charge in [0, 0.05) is 50.0 Å². The number of ether oxygens (including phenoxy) is 1. The molecule has 1 aliphatic heterocycles. The Morgan fingerprint density at radius 1 is 1.02 bits per heavy atom. The van der Waals surface area contributed by atoms with Crippen LogP contribution in [0, 0.1) is 0 Å². The van der Waals surface area contributed by atoms with Gasteiger partial charge in [-0.1, -0.05) is 37.3 Å². The standard InChI is InChI=1S/C33H39N5O4/c1-6-27-28(35-32(40)24-10-8-7-9-11-24)20-26-30(42-21(2)3)29(36(5)31(26)34-27)33(41)38-18-16-37(17-19-38)25-14-12-23(13-15-25)22(4)39/h7-15,20-21,32,35,40H,6,16-19H2,1-5H3. The van der Waals surface area contributed by atoms with E-state index in [4.69, 9.17) is 9.72 Å². The molecule has 0 radical (unpaired) electrons. The normalized spacial score (nSPS) is 14.4. The summed E-state index contributed by atoms with van der Waals surface area (Å²) in [6, 6.07) is 19.0. The lowest BCUT2D eigenvalue weighted by atomic mass is 10.1. The number of nitrogens with zero attached hydrogens (tertiary/aromatic N) is 4. The lowest BCUT2D eigenvalue weighted by Crippen LogP contribution is -2.49. The van der Waals surface area contributed by atoms with Gasteiger partial charge < -0.3 is 29.5 Å². The van der Waals surface area contributed by atoms with Crippen molar-refractivity contribution in [3.05, 3.63) is 83.2 Å². The van der Waals surface area contributed by atoms with Gasteiger partial charge in [0.2, 0.25) is 0 Å². The molecule has 1 amide bonds. The molecule has 2 N–H and O–H groups in total. The number of carbonyl (C=O) groups is 2. The molecule has 1 aliphatic rings. The molecule has 1 fully saturated rings. The van der Waals surface area contributed by atoms with Crippen LogP contribution < -0.4 is 15.0 Å². The molecule has 1 unspecified atom stereocenters. The second-order valence-corrected chi connectivity index (χ2v) is 11.0. The van der Waals surface area contributed by atoms with Crippen molar-refractivity contribution in [2.24, 2.45) is 7.05 Å². The minimum Gasteiger partial charge on any atom is -0.488 e. The third kappa shape index (κ3) is 5.83. The van der Waals surface area contributed by atoms with E-state index in [0.29, 0.717) is 60.9 Å². The maximum absolute atomic E-state index is 14.0. The maximum atomic E-state index is 14.0. The molecule has 42 heavy (non-hydrogen) atoms. The molecular formula is C33H39N5O4. The second-order valence-electron chi connectivity index (χ2n) is 11.0. The van der Waals surface area contributed by atoms with Gasteiger partial charge >= 0.3 is 0 Å². The second kappa shape index (κ2) is 12.2. The van der Waals surface area contributed by atoms with Crippen LogP contribution in [-0.2, 0) is 13.5 Å². The van der Waals surface area contributed by atoms with Crippen molar-refractivity contribution in [3.8, 4) is 5.75 Å². The lowest BCUT2D eigenvalue weighted by Gasteiger charge is -2.36. The highest BCUT2D eigenvalue weighted by molar-refractivity contribution is 6.04. The van der Waals surface area contributed by atoms with Crippen LogP contribution >= 0.6 is 0 Å². The Morgan fingerprint density at radius 2 is 1.69 bits per heavy atom. The third-order valence-corrected chi connectivity index (χ3v) is 7.70. The van der Waals surface area contributed by atoms with Crippen LogP contribution in [0.25, 0.3) is 11.0 Å². The lowest BCUT2D eigenvalue weighted by molar-refractivity contribution is 0.0731. The van der Waals surface area contributed by atoms with Gasteiger partial charge in [-0.15, -0.1) is 0 Å². The number of anilines is 2. The number of pyridine rings is 1. The number of aliphatic hydroxyl groups excluding tert-OH is 1. The molecule has 220 valence electrons. The van der Waals surface area contributed by atoms with E-state index in [9.17, 15) is 14.7 Å². The number of hydrogen-bond donors (Lipinski definition) is 2. The maximum Gasteiger partial charge on any atom is 0.274 e. The molecule has 5 rings (SSSR count). The summed E-state index contributed by atoms with van der Waals surface area (Å²) >= 11 is 0. The van der Waals surface area contributed by atoms with Crippen molar-refractivity contribution in [1.29, 1.82) is 0 Å². The monoisotopic (exact) mass is 569 g/mol. The van der Waals surface area contributed by atoms with E-state index in [-0.39, 0.29) is 17.8 Å². The Morgan fingerprint density at radius 3 is 2.29 bits per heavy atom. The highest BCUT2D eigenvalue weighted by Crippen LogP contribution is 2.37. The van der Waals surface area contributed by atoms with E-state index in [0.717, 1.165) is 22.3 Å². The molecule has 9 heteroatoms. The fourth-order valence-corrected chi connectivity index (χ4v) is 5.43. The Balaban J connectivity index is 1.44. The Kier molecular flexibility index (Phi) is 8.49. The molecule has 9 nitrogen and oxygen atoms in total. The average molecular weight is 570 g/mol. The van der Waals surface area contributed by atoms with E-state index in [2.05, 4.69) is 10.2 Å². The van der Waals surface area contributed by atoms with Gasteiger partial charge in [-0.05, 0) is 57.5 Å². The SMILES string of the molecule is CCc1nc2c(cc1NC(O)c1ccccc1)c(OC(C)C)c(C(=O)N1CCN(c3ccc(C(C)=O)cc3)CC1)n2C. The number of aliphatic hydroxyl groups is 1. The van der Waals surface area contributed by atoms with Crippen LogP contribution in [0.4, 0.5) is 11.4 Å². The van der Waals surface area contributed by atoms with Crippen LogP contribution in [0.1, 0.15) is 66.0 Å². The van der Waals surface area contributed by atoms with E-state index in [1.807, 2.05) is 97.9 Å². The molecule has 2 aromatic heterocycles. The number of carbonyl (C=O) groups excluding carboxylic acids is 2. The summed E-state index contributed by atoms with van der Waals surface area (Å²) in [7, 11) is 1.86. The number of benzene rings is 2. The van der Waals surface area contributed by atoms with Gasteiger partial charge in [0.1, 0.15) is 5.65 Å². The zero-order valence-electron chi connectivity index (χ0n) is 24.9. The Bertz CT molecular complexity index is 1570. The van der Waals surface area contributed by atoms with Crippen molar-refractivity contribution < 1.29 is 19.4 Å². The van der Waals surface area contributed by atoms with Crippen LogP contribution in [0.15, 0.2) is 60.7 Å². The summed E-state index contributed by atoms with van der Waals surface area (Å²) in [4.78, 5) is 34.7. The highest BCUT2D eigenvalue weighted by Gasteiger charge is 2.31. The average Bonchev–Trinajstić information content (AvgIpc) is 3.26. The summed E-state index contributed by atoms with van der Waals surface area (Å²) < 4.78 is 8.13. The number of Topliss-reactive ketones (excluding diaryl/α,β-unsaturated/α-hetero) is 1. The first-order valence-corrected chi connectivity index (χ1v) is 14.5. The summed E-state index contributed by atoms with van der Waals surface area (Å²) in [5.41, 5.74) is 5.09. The number of hydrogen-bond acceptors (Lipinski definition) is 7. The smallest absolute Gasteiger partial charge is 0.274 e. The molecule has 1 saturated heterocycles. The molecule has 0 saturated carbocycles. The van der Waals surface area contributed by atoms with Gasteiger partial charge in [-0.2, -0.15) is 0 Å². The zero-order chi connectivity index (χ0) is 30.0. The number of ketones is 1. The van der Waals surface area contributed by atoms with Gasteiger partial charge in [0.05, 0.1) is 22.9 Å². The van der Waals surface area contributed by atoms with E-state index in [1.54, 1.807) is 6.92 Å². The molecule has 3 heterocycles. The molecule has 0 aliphatic carbocycles. The van der Waals surface area contributed by atoms with Crippen molar-refractivity contribution in [2.75, 3.05) is 36.4 Å². The molecular weight excluding hydrogens is 530 g/mol. The summed E-state index contributed by atoms with van der Waals surface area (Å²) in [6.07, 6.45) is -0.427. The summed E-state index contributed by atoms with van der Waals surface area (Å²) in [5, 5.41) is 14.8. The van der Waals surface area contributed by atoms with E-state index < -0.39 is 6.23 Å². The van der Waals surface area contributed by atoms with Crippen molar-refractivity contribution in [3.63, 3.8) is 0 Å². The fraction of sp³-hybridized carbons (Fsp3) is 0.364. The number of aromatic nitrogens is 2. The van der Waals surface area contributed by atoms with Crippen molar-refractivity contribution in [1.82, 2.24) is 14.5 Å². The summed E-state index contributed by atoms with van der Waals surface area (Å²) in [5.74, 6) is 0.443. The predicted molar refractivity (Wildman–Crippen MR) is 165 cm³/mol. The van der Waals surface area contributed by atoms with Crippen LogP contribution in [-0.4, -0.2) is 63.5 Å². The van der Waals surface area contributed by atoms with E-state index >= 15 is 0 Å². The quantitative estimate of drug-likeness (QED) is 0.211. The third-order valence-electron chi connectivity index (χ3n) is 7.70. The van der Waals surface area contributed by atoms with E-state index in [1.165, 1.54) is 0 Å². The van der Waals surface area contributed by atoms with Crippen molar-refractivity contribution in [2.45, 2.75) is 46.4 Å². The van der Waals surface area contributed by atoms with Crippen LogP contribution in [0.3, 0.4) is 0 Å². The van der Waals surface area contributed by atoms with Crippen LogP contribution in [0.5, 0.6) is 5.75 Å². The predicted octanol–water partition coefficient (Wildman–Crippen LogP) is 5.19. The minimum absolute atomic E-state index is 0.0437. The molecule has 1 atom stereocenters. The number of nitrogens with one attached hydrogen (secondary N) is 1. The largest absolute Gasteiger partial charge is 0.488 e. The van der Waals surface area contributed by atoms with Gasteiger partial charge in [-0.3, -0.25) is 9.59 Å². The fourth-order valence-electron chi connectivity index (χ4n) is 5.43. The topological polar surface area (TPSA) is 99.9 Å². The number of aryl methyl sites for hydroxylation is 2. The zero-order valence-corrected chi connectivity index (χ0v) is 24.9. The molecule has 0 spiro atoms. The highest BCUT2D eigenvalue weighted by atomic mass is 16.5. The minimum atomic E-state index is -0.912. The molecule has 0 bridgehead atoms. The van der Waals surface area contributed by atoms with Gasteiger partial charge in [0.15, 0.2) is 23.5 Å². The molecule has 2 aromatic carbocycles. The Labute approximate surface area is 246 Å².